The normalized spacial score (nSPS) is 11.1. The van der Waals surface area contributed by atoms with Gasteiger partial charge in [-0.1, -0.05) is 24.6 Å². The number of halogens is 1. The molecule has 0 fully saturated rings. The van der Waals surface area contributed by atoms with Crippen LogP contribution in [0.2, 0.25) is 5.02 Å². The van der Waals surface area contributed by atoms with Crippen LogP contribution in [0.15, 0.2) is 55.0 Å². The number of hydrogen-bond acceptors (Lipinski definition) is 4. The largest absolute Gasteiger partial charge is 0.490 e. The fourth-order valence-electron chi connectivity index (χ4n) is 3.47. The van der Waals surface area contributed by atoms with E-state index >= 15 is 0 Å². The first-order valence-electron chi connectivity index (χ1n) is 9.70. The van der Waals surface area contributed by atoms with Crippen LogP contribution in [0.3, 0.4) is 0 Å². The number of pyridine rings is 2. The Bertz CT molecular complexity index is 1140. The molecule has 3 aromatic heterocycles. The predicted molar refractivity (Wildman–Crippen MR) is 119 cm³/mol. The first-order chi connectivity index (χ1) is 14.2. The molecule has 0 bridgehead atoms. The highest BCUT2D eigenvalue weighted by Gasteiger charge is 2.19. The summed E-state index contributed by atoms with van der Waals surface area (Å²) in [5.41, 5.74) is 7.04. The third-order valence-corrected chi connectivity index (χ3v) is 5.30. The molecule has 2 N–H and O–H groups in total. The van der Waals surface area contributed by atoms with Gasteiger partial charge < -0.3 is 15.0 Å². The lowest BCUT2D eigenvalue weighted by atomic mass is 9.98. The van der Waals surface area contributed by atoms with Crippen molar-refractivity contribution in [1.82, 2.24) is 20.3 Å². The third kappa shape index (κ3) is 3.84. The fourth-order valence-corrected chi connectivity index (χ4v) is 3.72. The number of hydrogen-bond donors (Lipinski definition) is 2. The number of ether oxygens (including phenoxy) is 1. The highest BCUT2D eigenvalue weighted by molar-refractivity contribution is 6.31. The summed E-state index contributed by atoms with van der Waals surface area (Å²) in [5.74, 6) is 0.736. The SMILES string of the molecule is CCc1cc(-c2c(-c3ccncc3OCCNC)[nH]c3cccnc23)ccc1Cl. The number of aromatic amines is 1. The van der Waals surface area contributed by atoms with Gasteiger partial charge in [0.2, 0.25) is 0 Å². The molecule has 0 saturated carbocycles. The molecule has 5 nitrogen and oxygen atoms in total. The molecule has 0 amide bonds. The van der Waals surface area contributed by atoms with Crippen molar-refractivity contribution in [3.8, 4) is 28.1 Å². The summed E-state index contributed by atoms with van der Waals surface area (Å²) >= 11 is 6.37. The van der Waals surface area contributed by atoms with E-state index in [0.29, 0.717) is 6.61 Å². The zero-order valence-electron chi connectivity index (χ0n) is 16.5. The van der Waals surface area contributed by atoms with Crippen molar-refractivity contribution in [3.05, 3.63) is 65.6 Å². The Kier molecular flexibility index (Phi) is 5.79. The molecular weight excluding hydrogens is 384 g/mol. The van der Waals surface area contributed by atoms with Crippen LogP contribution >= 0.6 is 11.6 Å². The van der Waals surface area contributed by atoms with E-state index in [-0.39, 0.29) is 0 Å². The lowest BCUT2D eigenvalue weighted by Crippen LogP contribution is -2.16. The van der Waals surface area contributed by atoms with Crippen molar-refractivity contribution in [3.63, 3.8) is 0 Å². The van der Waals surface area contributed by atoms with Gasteiger partial charge in [-0.3, -0.25) is 9.97 Å². The van der Waals surface area contributed by atoms with Crippen LogP contribution in [-0.2, 0) is 6.42 Å². The second kappa shape index (κ2) is 8.64. The minimum Gasteiger partial charge on any atom is -0.490 e. The second-order valence-electron chi connectivity index (χ2n) is 6.76. The van der Waals surface area contributed by atoms with Crippen LogP contribution in [0, 0.1) is 0 Å². The average molecular weight is 407 g/mol. The molecule has 0 radical (unpaired) electrons. The van der Waals surface area contributed by atoms with Crippen molar-refractivity contribution in [2.45, 2.75) is 13.3 Å². The zero-order chi connectivity index (χ0) is 20.2. The molecule has 3 heterocycles. The van der Waals surface area contributed by atoms with Gasteiger partial charge in [-0.05, 0) is 54.9 Å². The van der Waals surface area contributed by atoms with E-state index in [1.165, 1.54) is 0 Å². The summed E-state index contributed by atoms with van der Waals surface area (Å²) in [7, 11) is 1.90. The molecule has 4 rings (SSSR count). The lowest BCUT2D eigenvalue weighted by Gasteiger charge is -2.12. The highest BCUT2D eigenvalue weighted by Crippen LogP contribution is 2.41. The summed E-state index contributed by atoms with van der Waals surface area (Å²) in [4.78, 5) is 12.5. The van der Waals surface area contributed by atoms with Gasteiger partial charge in [0.05, 0.1) is 22.9 Å². The summed E-state index contributed by atoms with van der Waals surface area (Å²) in [5, 5.41) is 3.88. The molecular formula is C23H23ClN4O. The van der Waals surface area contributed by atoms with E-state index in [2.05, 4.69) is 33.3 Å². The van der Waals surface area contributed by atoms with Crippen molar-refractivity contribution in [2.24, 2.45) is 0 Å². The minimum atomic E-state index is 0.559. The van der Waals surface area contributed by atoms with Crippen LogP contribution in [0.5, 0.6) is 5.75 Å². The number of fused-ring (bicyclic) bond motifs is 1. The van der Waals surface area contributed by atoms with Crippen LogP contribution in [0.4, 0.5) is 0 Å². The Morgan fingerprint density at radius 3 is 2.90 bits per heavy atom. The summed E-state index contributed by atoms with van der Waals surface area (Å²) in [6.45, 7) is 3.42. The van der Waals surface area contributed by atoms with E-state index in [0.717, 1.165) is 62.7 Å². The minimum absolute atomic E-state index is 0.559. The maximum Gasteiger partial charge on any atom is 0.146 e. The maximum atomic E-state index is 6.37. The van der Waals surface area contributed by atoms with Gasteiger partial charge in [-0.2, -0.15) is 0 Å². The monoisotopic (exact) mass is 406 g/mol. The van der Waals surface area contributed by atoms with E-state index in [4.69, 9.17) is 16.3 Å². The van der Waals surface area contributed by atoms with E-state index in [1.807, 2.05) is 43.6 Å². The quantitative estimate of drug-likeness (QED) is 0.419. The molecule has 0 spiro atoms. The van der Waals surface area contributed by atoms with Crippen molar-refractivity contribution < 1.29 is 4.74 Å². The first-order valence-corrected chi connectivity index (χ1v) is 10.1. The number of benzene rings is 1. The molecule has 6 heteroatoms. The van der Waals surface area contributed by atoms with Gasteiger partial charge in [0.25, 0.3) is 0 Å². The number of aryl methyl sites for hydroxylation is 1. The molecule has 148 valence electrons. The fraction of sp³-hybridized carbons (Fsp3) is 0.217. The second-order valence-corrected chi connectivity index (χ2v) is 7.17. The topological polar surface area (TPSA) is 62.8 Å². The number of H-pyrrole nitrogens is 1. The Balaban J connectivity index is 1.92. The van der Waals surface area contributed by atoms with E-state index in [1.54, 1.807) is 12.4 Å². The predicted octanol–water partition coefficient (Wildman–Crippen LogP) is 5.11. The zero-order valence-corrected chi connectivity index (χ0v) is 17.3. The van der Waals surface area contributed by atoms with Crippen molar-refractivity contribution >= 4 is 22.6 Å². The average Bonchev–Trinajstić information content (AvgIpc) is 3.14. The lowest BCUT2D eigenvalue weighted by molar-refractivity contribution is 0.318. The summed E-state index contributed by atoms with van der Waals surface area (Å²) in [6, 6.07) is 12.1. The van der Waals surface area contributed by atoms with Crippen LogP contribution < -0.4 is 10.1 Å². The molecule has 0 aliphatic carbocycles. The van der Waals surface area contributed by atoms with Gasteiger partial charge in [-0.25, -0.2) is 0 Å². The molecule has 29 heavy (non-hydrogen) atoms. The molecule has 0 aliphatic rings. The molecule has 0 atom stereocenters. The standard InChI is InChI=1S/C23H23ClN4O/c1-3-15-13-16(6-7-18(15)24)21-22(28-19-5-4-9-27-23(19)21)17-8-10-26-14-20(17)29-12-11-25-2/h4-10,13-14,25,28H,3,11-12H2,1-2H3. The number of nitrogens with one attached hydrogen (secondary N) is 2. The Morgan fingerprint density at radius 1 is 1.17 bits per heavy atom. The van der Waals surface area contributed by atoms with Crippen LogP contribution in [0.25, 0.3) is 33.4 Å². The van der Waals surface area contributed by atoms with Crippen molar-refractivity contribution in [1.29, 1.82) is 0 Å². The van der Waals surface area contributed by atoms with E-state index in [9.17, 15) is 0 Å². The van der Waals surface area contributed by atoms with Gasteiger partial charge in [0.1, 0.15) is 12.4 Å². The van der Waals surface area contributed by atoms with Gasteiger partial charge >= 0.3 is 0 Å². The summed E-state index contributed by atoms with van der Waals surface area (Å²) in [6.07, 6.45) is 6.22. The molecule has 0 unspecified atom stereocenters. The number of aromatic nitrogens is 3. The van der Waals surface area contributed by atoms with Crippen LogP contribution in [-0.4, -0.2) is 35.2 Å². The van der Waals surface area contributed by atoms with E-state index < -0.39 is 0 Å². The first kappa shape index (κ1) is 19.4. The van der Waals surface area contributed by atoms with Gasteiger partial charge in [0.15, 0.2) is 0 Å². The molecule has 0 saturated heterocycles. The Hall–Kier alpha value is -2.89. The summed E-state index contributed by atoms with van der Waals surface area (Å²) < 4.78 is 6.00. The number of rotatable bonds is 7. The number of nitrogens with zero attached hydrogens (tertiary/aromatic N) is 2. The molecule has 0 aliphatic heterocycles. The van der Waals surface area contributed by atoms with Gasteiger partial charge in [0, 0.05) is 35.1 Å². The maximum absolute atomic E-state index is 6.37. The highest BCUT2D eigenvalue weighted by atomic mass is 35.5. The molecule has 4 aromatic rings. The third-order valence-electron chi connectivity index (χ3n) is 4.93. The Morgan fingerprint density at radius 2 is 2.07 bits per heavy atom. The van der Waals surface area contributed by atoms with Crippen LogP contribution in [0.1, 0.15) is 12.5 Å². The van der Waals surface area contributed by atoms with Gasteiger partial charge in [-0.15, -0.1) is 0 Å². The molecule has 1 aromatic carbocycles. The van der Waals surface area contributed by atoms with Crippen molar-refractivity contribution in [2.75, 3.05) is 20.2 Å². The Labute approximate surface area is 175 Å². The smallest absolute Gasteiger partial charge is 0.146 e. The number of likely N-dealkylation sites (N-methyl/N-ethyl adjacent to an activating group) is 1.